The Morgan fingerprint density at radius 2 is 1.41 bits per heavy atom. The van der Waals surface area contributed by atoms with Crippen LogP contribution in [0.2, 0.25) is 0 Å². The van der Waals surface area contributed by atoms with Crippen molar-refractivity contribution in [2.45, 2.75) is 25.2 Å². The van der Waals surface area contributed by atoms with Gasteiger partial charge in [0.2, 0.25) is 0 Å². The zero-order chi connectivity index (χ0) is 28.9. The molecule has 39 heavy (non-hydrogen) atoms. The number of alkyl halides is 3. The van der Waals surface area contributed by atoms with Crippen LogP contribution in [-0.4, -0.2) is 22.4 Å². The number of rotatable bonds is 7. The third kappa shape index (κ3) is 7.26. The second-order valence-corrected chi connectivity index (χ2v) is 8.36. The van der Waals surface area contributed by atoms with Gasteiger partial charge in [-0.25, -0.2) is 13.6 Å². The van der Waals surface area contributed by atoms with Crippen LogP contribution in [0.5, 0.6) is 5.75 Å². The molecule has 0 aliphatic carbocycles. The lowest BCUT2D eigenvalue weighted by atomic mass is 9.96. The molecule has 0 bridgehead atoms. The molecular formula is C27H21F5N2O5. The molecule has 2 atom stereocenters. The molecule has 0 aliphatic heterocycles. The second kappa shape index (κ2) is 11.9. The molecule has 4 aromatic rings. The molecule has 0 aromatic heterocycles. The maximum atomic E-state index is 13.7. The summed E-state index contributed by atoms with van der Waals surface area (Å²) in [5.74, 6) is -4.05. The number of anilines is 2. The number of benzene rings is 3. The SMILES string of the molecule is C[C@@H](NC(c1ccc(F)cc1)c1cccc(Nc2c(O)c(=O)c2=O)c1)c1cccc(F)c1.O=C(O)C(F)(F)F. The maximum absolute atomic E-state index is 13.7. The van der Waals surface area contributed by atoms with E-state index in [2.05, 4.69) is 10.6 Å². The minimum Gasteiger partial charge on any atom is -0.502 e. The lowest BCUT2D eigenvalue weighted by Crippen LogP contribution is -2.32. The number of nitrogens with one attached hydrogen (secondary N) is 2. The highest BCUT2D eigenvalue weighted by Crippen LogP contribution is 2.30. The number of hydrogen-bond donors (Lipinski definition) is 4. The van der Waals surface area contributed by atoms with E-state index >= 15 is 0 Å². The van der Waals surface area contributed by atoms with E-state index in [9.17, 15) is 36.6 Å². The van der Waals surface area contributed by atoms with Crippen molar-refractivity contribution < 1.29 is 37.0 Å². The van der Waals surface area contributed by atoms with E-state index in [4.69, 9.17) is 9.90 Å². The zero-order valence-corrected chi connectivity index (χ0v) is 20.1. The van der Waals surface area contributed by atoms with E-state index < -0.39 is 34.8 Å². The van der Waals surface area contributed by atoms with Crippen LogP contribution in [0.3, 0.4) is 0 Å². The summed E-state index contributed by atoms with van der Waals surface area (Å²) in [4.78, 5) is 31.8. The summed E-state index contributed by atoms with van der Waals surface area (Å²) in [7, 11) is 0. The van der Waals surface area contributed by atoms with Crippen molar-refractivity contribution in [2.24, 2.45) is 0 Å². The van der Waals surface area contributed by atoms with Gasteiger partial charge in [0.25, 0.3) is 10.9 Å². The van der Waals surface area contributed by atoms with Gasteiger partial charge in [0.1, 0.15) is 17.3 Å². The van der Waals surface area contributed by atoms with E-state index in [1.165, 1.54) is 24.3 Å². The molecule has 1 unspecified atom stereocenters. The van der Waals surface area contributed by atoms with Crippen molar-refractivity contribution in [2.75, 3.05) is 5.32 Å². The van der Waals surface area contributed by atoms with Crippen molar-refractivity contribution in [3.8, 4) is 5.75 Å². The highest BCUT2D eigenvalue weighted by Gasteiger charge is 2.38. The van der Waals surface area contributed by atoms with Crippen LogP contribution in [0.4, 0.5) is 33.3 Å². The molecule has 12 heteroatoms. The molecule has 7 nitrogen and oxygen atoms in total. The molecule has 4 N–H and O–H groups in total. The molecule has 0 saturated carbocycles. The zero-order valence-electron chi connectivity index (χ0n) is 20.1. The number of carbonyl (C=O) groups is 1. The van der Waals surface area contributed by atoms with Gasteiger partial charge in [-0.3, -0.25) is 14.9 Å². The largest absolute Gasteiger partial charge is 0.502 e. The van der Waals surface area contributed by atoms with Crippen LogP contribution in [-0.2, 0) is 4.79 Å². The number of halogens is 5. The fourth-order valence-electron chi connectivity index (χ4n) is 3.60. The molecule has 0 spiro atoms. The monoisotopic (exact) mass is 548 g/mol. The Bertz CT molecular complexity index is 1530. The third-order valence-electron chi connectivity index (χ3n) is 5.59. The Balaban J connectivity index is 0.000000532. The van der Waals surface area contributed by atoms with Gasteiger partial charge < -0.3 is 15.5 Å². The Labute approximate surface area is 217 Å². The normalized spacial score (nSPS) is 12.8. The Hall–Kier alpha value is -4.58. The van der Waals surface area contributed by atoms with Crippen molar-refractivity contribution in [3.63, 3.8) is 0 Å². The quantitative estimate of drug-likeness (QED) is 0.188. The van der Waals surface area contributed by atoms with Crippen LogP contribution in [0.25, 0.3) is 0 Å². The molecule has 0 aliphatic rings. The van der Waals surface area contributed by atoms with E-state index in [0.717, 1.165) is 16.7 Å². The molecule has 0 radical (unpaired) electrons. The predicted octanol–water partition coefficient (Wildman–Crippen LogP) is 5.08. The Kier molecular flexibility index (Phi) is 8.81. The minimum atomic E-state index is -5.08. The number of aliphatic carboxylic acids is 1. The van der Waals surface area contributed by atoms with Gasteiger partial charge in [0, 0.05) is 11.7 Å². The molecule has 0 heterocycles. The molecule has 0 saturated heterocycles. The van der Waals surface area contributed by atoms with Gasteiger partial charge in [-0.15, -0.1) is 0 Å². The van der Waals surface area contributed by atoms with Crippen LogP contribution >= 0.6 is 0 Å². The maximum Gasteiger partial charge on any atom is 0.490 e. The molecule has 0 fully saturated rings. The van der Waals surface area contributed by atoms with Gasteiger partial charge in [0.05, 0.1) is 6.04 Å². The first kappa shape index (κ1) is 29.0. The standard InChI is InChI=1S/C25H20F2N2O3.C2HF3O2/c1-14(16-4-2-6-19(27)12-16)28-21(15-8-10-18(26)11-9-15)17-5-3-7-20(13-17)29-22-23(30)25(32)24(22)31;3-2(4,5)1(6)7/h2-14,21,28-30H,1H3;(H,6,7)/t14-,21?;/m1./s1. The number of carboxylic acid groups (broad SMARTS) is 1. The predicted molar refractivity (Wildman–Crippen MR) is 133 cm³/mol. The lowest BCUT2D eigenvalue weighted by Gasteiger charge is -2.25. The van der Waals surface area contributed by atoms with Crippen molar-refractivity contribution >= 4 is 17.3 Å². The number of aromatic hydroxyl groups is 1. The summed E-state index contributed by atoms with van der Waals surface area (Å²) in [5, 5.41) is 23.0. The van der Waals surface area contributed by atoms with E-state index in [-0.39, 0.29) is 23.4 Å². The number of carboxylic acids is 1. The average Bonchev–Trinajstić information content (AvgIpc) is 2.90. The number of hydrogen-bond acceptors (Lipinski definition) is 6. The summed E-state index contributed by atoms with van der Waals surface area (Å²) in [6, 6.07) is 18.7. The summed E-state index contributed by atoms with van der Waals surface area (Å²) >= 11 is 0. The summed E-state index contributed by atoms with van der Waals surface area (Å²) in [6.07, 6.45) is -5.08. The van der Waals surface area contributed by atoms with Gasteiger partial charge >= 0.3 is 12.1 Å². The van der Waals surface area contributed by atoms with Crippen molar-refractivity contribution in [1.29, 1.82) is 0 Å². The summed E-state index contributed by atoms with van der Waals surface area (Å²) < 4.78 is 59.0. The summed E-state index contributed by atoms with van der Waals surface area (Å²) in [6.45, 7) is 1.90. The topological polar surface area (TPSA) is 116 Å². The minimum absolute atomic E-state index is 0.147. The van der Waals surface area contributed by atoms with E-state index in [0.29, 0.717) is 5.69 Å². The van der Waals surface area contributed by atoms with Gasteiger partial charge in [-0.1, -0.05) is 36.4 Å². The lowest BCUT2D eigenvalue weighted by molar-refractivity contribution is -0.192. The first-order chi connectivity index (χ1) is 18.3. The van der Waals surface area contributed by atoms with Crippen LogP contribution in [0, 0.1) is 11.6 Å². The first-order valence-electron chi connectivity index (χ1n) is 11.2. The average molecular weight is 548 g/mol. The molecule has 4 rings (SSSR count). The van der Waals surface area contributed by atoms with E-state index in [1.54, 1.807) is 36.4 Å². The van der Waals surface area contributed by atoms with Crippen LogP contribution in [0.15, 0.2) is 82.4 Å². The molecule has 0 amide bonds. The Morgan fingerprint density at radius 1 is 0.821 bits per heavy atom. The van der Waals surface area contributed by atoms with Crippen molar-refractivity contribution in [1.82, 2.24) is 5.32 Å². The van der Waals surface area contributed by atoms with E-state index in [1.807, 2.05) is 19.1 Å². The highest BCUT2D eigenvalue weighted by molar-refractivity contribution is 5.73. The molecule has 204 valence electrons. The van der Waals surface area contributed by atoms with Crippen LogP contribution in [0.1, 0.15) is 35.7 Å². The fraction of sp³-hybridized carbons (Fsp3) is 0.148. The first-order valence-corrected chi connectivity index (χ1v) is 11.2. The fourth-order valence-corrected chi connectivity index (χ4v) is 3.60. The Morgan fingerprint density at radius 3 is 1.97 bits per heavy atom. The summed E-state index contributed by atoms with van der Waals surface area (Å²) in [5.41, 5.74) is 0.968. The smallest absolute Gasteiger partial charge is 0.490 e. The molecular weight excluding hydrogens is 527 g/mol. The third-order valence-corrected chi connectivity index (χ3v) is 5.59. The highest BCUT2D eigenvalue weighted by atomic mass is 19.4. The van der Waals surface area contributed by atoms with Crippen molar-refractivity contribution in [3.05, 3.63) is 122 Å². The van der Waals surface area contributed by atoms with Crippen LogP contribution < -0.4 is 21.5 Å². The van der Waals surface area contributed by atoms with Gasteiger partial charge in [0.15, 0.2) is 5.75 Å². The second-order valence-electron chi connectivity index (χ2n) is 8.36. The van der Waals surface area contributed by atoms with Gasteiger partial charge in [-0.2, -0.15) is 13.2 Å². The van der Waals surface area contributed by atoms with Gasteiger partial charge in [-0.05, 0) is 60.0 Å². The molecule has 4 aromatic carbocycles.